The Hall–Kier alpha value is -1.23. The maximum atomic E-state index is 10.5. The molecule has 1 saturated carbocycles. The SMILES string of the molecule is CC#CCC(C)CC=C[C@H]1CCC[C@@H]1CCCCCCC(=O)O. The first-order valence-electron chi connectivity index (χ1n) is 9.41. The lowest BCUT2D eigenvalue weighted by Crippen LogP contribution is -2.05. The predicted molar refractivity (Wildman–Crippen MR) is 97.2 cm³/mol. The van der Waals surface area contributed by atoms with E-state index >= 15 is 0 Å². The van der Waals surface area contributed by atoms with Gasteiger partial charge >= 0.3 is 5.97 Å². The third-order valence-corrected chi connectivity index (χ3v) is 4.98. The molecule has 0 heterocycles. The molecule has 2 nitrogen and oxygen atoms in total. The number of rotatable bonds is 11. The highest BCUT2D eigenvalue weighted by Gasteiger charge is 2.24. The van der Waals surface area contributed by atoms with Gasteiger partial charge in [0.05, 0.1) is 0 Å². The normalized spacial score (nSPS) is 22.0. The lowest BCUT2D eigenvalue weighted by atomic mass is 9.89. The summed E-state index contributed by atoms with van der Waals surface area (Å²) in [7, 11) is 0. The quantitative estimate of drug-likeness (QED) is 0.296. The average Bonchev–Trinajstić information content (AvgIpc) is 2.96. The fraction of sp³-hybridized carbons (Fsp3) is 0.762. The van der Waals surface area contributed by atoms with Crippen molar-refractivity contribution in [1.82, 2.24) is 0 Å². The fourth-order valence-corrected chi connectivity index (χ4v) is 3.56. The molecule has 1 aliphatic carbocycles. The zero-order chi connectivity index (χ0) is 16.9. The second-order valence-corrected chi connectivity index (χ2v) is 7.10. The van der Waals surface area contributed by atoms with Gasteiger partial charge in [0.25, 0.3) is 0 Å². The summed E-state index contributed by atoms with van der Waals surface area (Å²) in [4.78, 5) is 10.5. The van der Waals surface area contributed by atoms with Crippen LogP contribution >= 0.6 is 0 Å². The molecule has 0 radical (unpaired) electrons. The van der Waals surface area contributed by atoms with Crippen molar-refractivity contribution in [2.45, 2.75) is 84.5 Å². The molecular formula is C21H34O2. The minimum absolute atomic E-state index is 0.329. The summed E-state index contributed by atoms with van der Waals surface area (Å²) >= 11 is 0. The number of carboxylic acid groups (broad SMARTS) is 1. The highest BCUT2D eigenvalue weighted by molar-refractivity contribution is 5.66. The minimum Gasteiger partial charge on any atom is -0.481 e. The average molecular weight is 319 g/mol. The Bertz CT molecular complexity index is 413. The van der Waals surface area contributed by atoms with E-state index in [1.165, 1.54) is 38.5 Å². The van der Waals surface area contributed by atoms with Gasteiger partial charge in [0.15, 0.2) is 0 Å². The molecule has 0 aromatic heterocycles. The van der Waals surface area contributed by atoms with Crippen LogP contribution in [0.25, 0.3) is 0 Å². The number of hydrogen-bond donors (Lipinski definition) is 1. The number of carbonyl (C=O) groups is 1. The standard InChI is InChI=1S/C21H34O2/c1-3-4-11-18(2)12-9-14-20-16-10-15-19(20)13-7-5-6-8-17-21(22)23/h9,14,18-20H,5-8,10-13,15-17H2,1-2H3,(H,22,23)/t18?,19-,20-/m0/s1. The summed E-state index contributed by atoms with van der Waals surface area (Å²) in [5.41, 5.74) is 0. The predicted octanol–water partition coefficient (Wildman–Crippen LogP) is 5.82. The van der Waals surface area contributed by atoms with E-state index in [0.29, 0.717) is 12.3 Å². The van der Waals surface area contributed by atoms with Crippen molar-refractivity contribution in [1.29, 1.82) is 0 Å². The van der Waals surface area contributed by atoms with Gasteiger partial charge in [-0.15, -0.1) is 11.8 Å². The Balaban J connectivity index is 2.17. The molecule has 0 aliphatic heterocycles. The van der Waals surface area contributed by atoms with Crippen LogP contribution in [0, 0.1) is 29.6 Å². The van der Waals surface area contributed by atoms with E-state index in [0.717, 1.165) is 37.5 Å². The van der Waals surface area contributed by atoms with E-state index in [9.17, 15) is 4.79 Å². The summed E-state index contributed by atoms with van der Waals surface area (Å²) in [6.45, 7) is 4.19. The van der Waals surface area contributed by atoms with E-state index in [2.05, 4.69) is 30.9 Å². The molecule has 0 saturated heterocycles. The molecule has 23 heavy (non-hydrogen) atoms. The van der Waals surface area contributed by atoms with Crippen molar-refractivity contribution in [2.75, 3.05) is 0 Å². The highest BCUT2D eigenvalue weighted by Crippen LogP contribution is 2.36. The lowest BCUT2D eigenvalue weighted by molar-refractivity contribution is -0.137. The second-order valence-electron chi connectivity index (χ2n) is 7.10. The van der Waals surface area contributed by atoms with Crippen LogP contribution in [-0.4, -0.2) is 11.1 Å². The molecule has 1 rings (SSSR count). The molecule has 2 heteroatoms. The highest BCUT2D eigenvalue weighted by atomic mass is 16.4. The molecule has 0 spiro atoms. The van der Waals surface area contributed by atoms with Crippen molar-refractivity contribution in [3.8, 4) is 11.8 Å². The monoisotopic (exact) mass is 318 g/mol. The van der Waals surface area contributed by atoms with Gasteiger partial charge in [-0.2, -0.15) is 0 Å². The molecule has 0 aromatic rings. The van der Waals surface area contributed by atoms with Crippen LogP contribution in [0.15, 0.2) is 12.2 Å². The first-order chi connectivity index (χ1) is 11.1. The smallest absolute Gasteiger partial charge is 0.303 e. The number of hydrogen-bond acceptors (Lipinski definition) is 1. The largest absolute Gasteiger partial charge is 0.481 e. The third-order valence-electron chi connectivity index (χ3n) is 4.98. The molecule has 1 fully saturated rings. The van der Waals surface area contributed by atoms with Gasteiger partial charge in [0.1, 0.15) is 0 Å². The summed E-state index contributed by atoms with van der Waals surface area (Å²) < 4.78 is 0. The molecule has 1 unspecified atom stereocenters. The van der Waals surface area contributed by atoms with Crippen molar-refractivity contribution in [2.24, 2.45) is 17.8 Å². The molecular weight excluding hydrogens is 284 g/mol. The van der Waals surface area contributed by atoms with E-state index < -0.39 is 5.97 Å². The molecule has 1 aliphatic rings. The zero-order valence-electron chi connectivity index (χ0n) is 15.0. The van der Waals surface area contributed by atoms with Gasteiger partial charge in [-0.3, -0.25) is 4.79 Å². The Morgan fingerprint density at radius 1 is 1.26 bits per heavy atom. The summed E-state index contributed by atoms with van der Waals surface area (Å²) in [5, 5.41) is 8.63. The number of allylic oxidation sites excluding steroid dienone is 2. The zero-order valence-corrected chi connectivity index (χ0v) is 15.0. The summed E-state index contributed by atoms with van der Waals surface area (Å²) in [6, 6.07) is 0. The Morgan fingerprint density at radius 2 is 2.04 bits per heavy atom. The second kappa shape index (κ2) is 12.2. The van der Waals surface area contributed by atoms with Crippen LogP contribution < -0.4 is 0 Å². The number of carboxylic acids is 1. The lowest BCUT2D eigenvalue weighted by Gasteiger charge is -2.16. The van der Waals surface area contributed by atoms with Gasteiger partial charge in [-0.25, -0.2) is 0 Å². The Kier molecular flexibility index (Phi) is 10.5. The summed E-state index contributed by atoms with van der Waals surface area (Å²) in [6.07, 6.45) is 17.1. The van der Waals surface area contributed by atoms with E-state index in [1.807, 2.05) is 6.92 Å². The van der Waals surface area contributed by atoms with Gasteiger partial charge in [0, 0.05) is 12.8 Å². The van der Waals surface area contributed by atoms with Crippen LogP contribution in [0.5, 0.6) is 0 Å². The van der Waals surface area contributed by atoms with Gasteiger partial charge in [-0.05, 0) is 56.8 Å². The van der Waals surface area contributed by atoms with Crippen LogP contribution in [-0.2, 0) is 4.79 Å². The third kappa shape index (κ3) is 9.49. The van der Waals surface area contributed by atoms with E-state index in [-0.39, 0.29) is 0 Å². The van der Waals surface area contributed by atoms with Gasteiger partial charge < -0.3 is 5.11 Å². The number of aliphatic carboxylic acids is 1. The van der Waals surface area contributed by atoms with Crippen LogP contribution in [0.1, 0.15) is 84.5 Å². The molecule has 0 amide bonds. The van der Waals surface area contributed by atoms with Crippen LogP contribution in [0.4, 0.5) is 0 Å². The Labute approximate surface area is 142 Å². The first kappa shape index (κ1) is 19.8. The molecule has 0 bridgehead atoms. The minimum atomic E-state index is -0.662. The van der Waals surface area contributed by atoms with Gasteiger partial charge in [0.2, 0.25) is 0 Å². The molecule has 3 atom stereocenters. The Morgan fingerprint density at radius 3 is 2.78 bits per heavy atom. The maximum absolute atomic E-state index is 10.5. The topological polar surface area (TPSA) is 37.3 Å². The number of unbranched alkanes of at least 4 members (excludes halogenated alkanes) is 3. The molecule has 1 N–H and O–H groups in total. The van der Waals surface area contributed by atoms with E-state index in [4.69, 9.17) is 5.11 Å². The molecule has 130 valence electrons. The first-order valence-corrected chi connectivity index (χ1v) is 9.41. The molecule has 0 aromatic carbocycles. The van der Waals surface area contributed by atoms with Crippen LogP contribution in [0.2, 0.25) is 0 Å². The van der Waals surface area contributed by atoms with Crippen molar-refractivity contribution < 1.29 is 9.90 Å². The van der Waals surface area contributed by atoms with Crippen LogP contribution in [0.3, 0.4) is 0 Å². The van der Waals surface area contributed by atoms with Crippen molar-refractivity contribution >= 4 is 5.97 Å². The van der Waals surface area contributed by atoms with Gasteiger partial charge in [-0.1, -0.05) is 44.8 Å². The maximum Gasteiger partial charge on any atom is 0.303 e. The van der Waals surface area contributed by atoms with E-state index in [1.54, 1.807) is 0 Å². The van der Waals surface area contributed by atoms with Crippen molar-refractivity contribution in [3.63, 3.8) is 0 Å². The summed E-state index contributed by atoms with van der Waals surface area (Å²) in [5.74, 6) is 7.77. The van der Waals surface area contributed by atoms with Crippen molar-refractivity contribution in [3.05, 3.63) is 12.2 Å². The fourth-order valence-electron chi connectivity index (χ4n) is 3.56.